The molecule has 0 heterocycles. The minimum Gasteiger partial charge on any atom is -0.490 e. The smallest absolute Gasteiger partial charge is 0.336 e. The van der Waals surface area contributed by atoms with Crippen molar-refractivity contribution in [2.75, 3.05) is 6.61 Å². The van der Waals surface area contributed by atoms with Gasteiger partial charge in [-0.25, -0.2) is 18.0 Å². The lowest BCUT2D eigenvalue weighted by atomic mass is 9.95. The van der Waals surface area contributed by atoms with Crippen LogP contribution >= 0.6 is 0 Å². The van der Waals surface area contributed by atoms with Crippen molar-refractivity contribution in [1.82, 2.24) is 0 Å². The molecule has 0 amide bonds. The van der Waals surface area contributed by atoms with Crippen LogP contribution in [0.25, 0.3) is 22.3 Å². The highest BCUT2D eigenvalue weighted by atomic mass is 19.1. The normalized spacial score (nSPS) is 11.8. The maximum absolute atomic E-state index is 15.5. The summed E-state index contributed by atoms with van der Waals surface area (Å²) < 4.78 is 56.3. The molecule has 5 nitrogen and oxygen atoms in total. The molecule has 0 saturated carbocycles. The Bertz CT molecular complexity index is 1350. The lowest BCUT2D eigenvalue weighted by Gasteiger charge is -2.15. The van der Waals surface area contributed by atoms with Crippen molar-refractivity contribution in [1.29, 1.82) is 0 Å². The van der Waals surface area contributed by atoms with Gasteiger partial charge in [-0.1, -0.05) is 77.5 Å². The van der Waals surface area contributed by atoms with E-state index in [1.165, 1.54) is 36.4 Å². The van der Waals surface area contributed by atoms with E-state index in [2.05, 4.69) is 6.92 Å². The minimum atomic E-state index is -1.41. The van der Waals surface area contributed by atoms with Crippen LogP contribution in [0.2, 0.25) is 0 Å². The van der Waals surface area contributed by atoms with Gasteiger partial charge in [-0.05, 0) is 53.8 Å². The fourth-order valence-electron chi connectivity index (χ4n) is 4.43. The van der Waals surface area contributed by atoms with Crippen LogP contribution in [0.1, 0.15) is 82.5 Å². The SMILES string of the molecule is CCCCCCCCOc1ccc(C(=O)O)c(-c2ccc(-c3ccc(OC(=O)C[C@@H](C)CC)c(F)c3)cc2F)c1F. The molecule has 3 aromatic carbocycles. The third-order valence-electron chi connectivity index (χ3n) is 7.03. The number of carboxylic acids is 1. The van der Waals surface area contributed by atoms with Gasteiger partial charge in [0.25, 0.3) is 0 Å². The fourth-order valence-corrected chi connectivity index (χ4v) is 4.43. The molecule has 0 saturated heterocycles. The van der Waals surface area contributed by atoms with E-state index in [-0.39, 0.29) is 41.6 Å². The molecule has 220 valence electrons. The Labute approximate surface area is 239 Å². The Hall–Kier alpha value is -3.81. The van der Waals surface area contributed by atoms with E-state index in [0.29, 0.717) is 12.0 Å². The molecule has 0 aliphatic carbocycles. The molecule has 3 rings (SSSR count). The summed E-state index contributed by atoms with van der Waals surface area (Å²) in [5.41, 5.74) is -0.517. The number of hydrogen-bond acceptors (Lipinski definition) is 4. The molecule has 0 aliphatic rings. The van der Waals surface area contributed by atoms with E-state index in [9.17, 15) is 19.1 Å². The summed E-state index contributed by atoms with van der Waals surface area (Å²) in [4.78, 5) is 23.9. The molecular weight excluding hydrogens is 533 g/mol. The average molecular weight is 571 g/mol. The second-order valence-electron chi connectivity index (χ2n) is 10.3. The molecule has 0 aliphatic heterocycles. The second kappa shape index (κ2) is 15.3. The van der Waals surface area contributed by atoms with Crippen LogP contribution < -0.4 is 9.47 Å². The highest BCUT2D eigenvalue weighted by Crippen LogP contribution is 2.36. The third kappa shape index (κ3) is 8.59. The van der Waals surface area contributed by atoms with Gasteiger partial charge in [-0.15, -0.1) is 0 Å². The first-order chi connectivity index (χ1) is 19.7. The summed E-state index contributed by atoms with van der Waals surface area (Å²) in [6, 6.07) is 10.1. The first kappa shape index (κ1) is 31.7. The van der Waals surface area contributed by atoms with Gasteiger partial charge < -0.3 is 14.6 Å². The number of aromatic carboxylic acids is 1. The van der Waals surface area contributed by atoms with E-state index in [0.717, 1.165) is 50.7 Å². The molecule has 0 aromatic heterocycles. The number of carbonyl (C=O) groups excluding carboxylic acids is 1. The van der Waals surface area contributed by atoms with Gasteiger partial charge >= 0.3 is 11.9 Å². The van der Waals surface area contributed by atoms with Crippen molar-refractivity contribution in [3.05, 3.63) is 71.5 Å². The van der Waals surface area contributed by atoms with E-state index in [1.807, 2.05) is 13.8 Å². The van der Waals surface area contributed by atoms with Gasteiger partial charge in [0.15, 0.2) is 23.1 Å². The summed E-state index contributed by atoms with van der Waals surface area (Å²) >= 11 is 0. The Morgan fingerprint density at radius 1 is 0.829 bits per heavy atom. The Morgan fingerprint density at radius 2 is 1.46 bits per heavy atom. The maximum Gasteiger partial charge on any atom is 0.336 e. The minimum absolute atomic E-state index is 0.102. The molecule has 1 atom stereocenters. The Morgan fingerprint density at radius 3 is 2.10 bits per heavy atom. The van der Waals surface area contributed by atoms with Crippen molar-refractivity contribution in [2.45, 2.75) is 72.1 Å². The molecule has 3 aromatic rings. The number of carboxylic acid groups (broad SMARTS) is 1. The lowest BCUT2D eigenvalue weighted by Crippen LogP contribution is -2.12. The summed E-state index contributed by atoms with van der Waals surface area (Å²) in [5, 5.41) is 9.66. The zero-order valence-electron chi connectivity index (χ0n) is 23.8. The van der Waals surface area contributed by atoms with E-state index in [1.54, 1.807) is 0 Å². The quantitative estimate of drug-likeness (QED) is 0.112. The fraction of sp³-hybridized carbons (Fsp3) is 0.394. The molecule has 0 radical (unpaired) electrons. The monoisotopic (exact) mass is 570 g/mol. The molecule has 41 heavy (non-hydrogen) atoms. The van der Waals surface area contributed by atoms with Crippen LogP contribution in [0.3, 0.4) is 0 Å². The van der Waals surface area contributed by atoms with Crippen LogP contribution in [0.5, 0.6) is 11.5 Å². The van der Waals surface area contributed by atoms with Crippen molar-refractivity contribution < 1.29 is 37.3 Å². The molecule has 0 unspecified atom stereocenters. The zero-order chi connectivity index (χ0) is 29.9. The molecule has 0 spiro atoms. The molecular formula is C33H37F3O5. The van der Waals surface area contributed by atoms with Gasteiger partial charge in [0, 0.05) is 17.5 Å². The van der Waals surface area contributed by atoms with Gasteiger partial charge in [-0.3, -0.25) is 4.79 Å². The number of halogens is 3. The predicted molar refractivity (Wildman–Crippen MR) is 153 cm³/mol. The number of rotatable bonds is 15. The van der Waals surface area contributed by atoms with Crippen molar-refractivity contribution >= 4 is 11.9 Å². The largest absolute Gasteiger partial charge is 0.490 e. The highest BCUT2D eigenvalue weighted by Gasteiger charge is 2.23. The topological polar surface area (TPSA) is 72.8 Å². The van der Waals surface area contributed by atoms with Crippen LogP contribution in [0, 0.1) is 23.4 Å². The summed E-state index contributed by atoms with van der Waals surface area (Å²) in [6.07, 6.45) is 7.06. The number of hydrogen-bond donors (Lipinski definition) is 1. The molecule has 0 bridgehead atoms. The van der Waals surface area contributed by atoms with Crippen LogP contribution in [0.15, 0.2) is 48.5 Å². The lowest BCUT2D eigenvalue weighted by molar-refractivity contribution is -0.135. The average Bonchev–Trinajstić information content (AvgIpc) is 2.94. The third-order valence-corrected chi connectivity index (χ3v) is 7.03. The summed E-state index contributed by atoms with van der Waals surface area (Å²) in [7, 11) is 0. The second-order valence-corrected chi connectivity index (χ2v) is 10.3. The number of ether oxygens (including phenoxy) is 2. The Balaban J connectivity index is 1.82. The summed E-state index contributed by atoms with van der Waals surface area (Å²) in [5.74, 6) is -4.88. The van der Waals surface area contributed by atoms with Gasteiger partial charge in [0.05, 0.1) is 12.2 Å². The predicted octanol–water partition coefficient (Wildman–Crippen LogP) is 9.22. The van der Waals surface area contributed by atoms with Crippen LogP contribution in [0.4, 0.5) is 13.2 Å². The van der Waals surface area contributed by atoms with Gasteiger partial charge in [-0.2, -0.15) is 0 Å². The number of unbranched alkanes of at least 4 members (excludes halogenated alkanes) is 5. The molecule has 1 N–H and O–H groups in total. The number of carbonyl (C=O) groups is 2. The van der Waals surface area contributed by atoms with Gasteiger partial charge in [0.1, 0.15) is 5.82 Å². The first-order valence-corrected chi connectivity index (χ1v) is 14.1. The standard InChI is InChI=1S/C33H37F3O5/c1-4-6-7-8-9-10-17-40-29-16-14-25(33(38)39)31(32(29)36)24-13-11-22(19-26(24)34)23-12-15-28(27(35)20-23)41-30(37)18-21(3)5-2/h11-16,19-21H,4-10,17-18H2,1-3H3,(H,38,39)/t21-/m0/s1. The van der Waals surface area contributed by atoms with Crippen molar-refractivity contribution in [3.63, 3.8) is 0 Å². The van der Waals surface area contributed by atoms with Crippen molar-refractivity contribution in [2.24, 2.45) is 5.92 Å². The molecule has 8 heteroatoms. The maximum atomic E-state index is 15.5. The highest BCUT2D eigenvalue weighted by molar-refractivity contribution is 5.97. The Kier molecular flexibility index (Phi) is 11.8. The number of benzene rings is 3. The van der Waals surface area contributed by atoms with Crippen LogP contribution in [-0.4, -0.2) is 23.7 Å². The van der Waals surface area contributed by atoms with Crippen molar-refractivity contribution in [3.8, 4) is 33.8 Å². The number of esters is 1. The van der Waals surface area contributed by atoms with Gasteiger partial charge in [0.2, 0.25) is 0 Å². The molecule has 0 fully saturated rings. The first-order valence-electron chi connectivity index (χ1n) is 14.1. The van der Waals surface area contributed by atoms with E-state index in [4.69, 9.17) is 9.47 Å². The summed E-state index contributed by atoms with van der Waals surface area (Å²) in [6.45, 7) is 6.22. The zero-order valence-corrected chi connectivity index (χ0v) is 23.8. The van der Waals surface area contributed by atoms with Crippen LogP contribution in [-0.2, 0) is 4.79 Å². The van der Waals surface area contributed by atoms with E-state index >= 15 is 8.78 Å². The van der Waals surface area contributed by atoms with E-state index < -0.39 is 40.5 Å².